The van der Waals surface area contributed by atoms with Crippen molar-refractivity contribution in [3.8, 4) is 11.1 Å². The van der Waals surface area contributed by atoms with E-state index in [2.05, 4.69) is 36.6 Å². The maximum absolute atomic E-state index is 12.6. The van der Waals surface area contributed by atoms with Crippen molar-refractivity contribution in [1.82, 2.24) is 10.6 Å². The number of hydrogen-bond donors (Lipinski definition) is 3. The van der Waals surface area contributed by atoms with E-state index in [9.17, 15) is 18.0 Å². The van der Waals surface area contributed by atoms with Crippen molar-refractivity contribution in [1.29, 1.82) is 0 Å². The molecule has 4 N–H and O–H groups in total. The maximum atomic E-state index is 12.6. The monoisotopic (exact) mass is 475 g/mol. The number of primary sulfonamides is 1. The van der Waals surface area contributed by atoms with Crippen LogP contribution in [-0.4, -0.2) is 20.2 Å². The fraction of sp³-hybridized carbons (Fsp3) is 0.154. The van der Waals surface area contributed by atoms with Gasteiger partial charge in [0.2, 0.25) is 10.0 Å². The Morgan fingerprint density at radius 2 is 1.53 bits per heavy atom. The first-order valence-electron chi connectivity index (χ1n) is 10.8. The fourth-order valence-electron chi connectivity index (χ4n) is 3.78. The molecule has 7 nitrogen and oxygen atoms in total. The van der Waals surface area contributed by atoms with Crippen LogP contribution >= 0.6 is 0 Å². The van der Waals surface area contributed by atoms with E-state index in [-0.39, 0.29) is 4.90 Å². The number of amides is 2. The van der Waals surface area contributed by atoms with Crippen LogP contribution in [-0.2, 0) is 21.4 Å². The maximum Gasteiger partial charge on any atom is 0.260 e. The molecule has 1 heterocycles. The van der Waals surface area contributed by atoms with Crippen LogP contribution < -0.4 is 15.8 Å². The predicted molar refractivity (Wildman–Crippen MR) is 131 cm³/mol. The highest BCUT2D eigenvalue weighted by Crippen LogP contribution is 2.30. The largest absolute Gasteiger partial charge is 0.386 e. The third kappa shape index (κ3) is 4.93. The average molecular weight is 476 g/mol. The second-order valence-corrected chi connectivity index (χ2v) is 10.0. The minimum Gasteiger partial charge on any atom is -0.386 e. The van der Waals surface area contributed by atoms with Crippen LogP contribution in [0.4, 0.5) is 0 Å². The topological polar surface area (TPSA) is 118 Å². The molecule has 34 heavy (non-hydrogen) atoms. The zero-order chi connectivity index (χ0) is 24.5. The van der Waals surface area contributed by atoms with Crippen molar-refractivity contribution in [3.63, 3.8) is 0 Å². The quantitative estimate of drug-likeness (QED) is 0.372. The molecule has 1 aliphatic rings. The highest BCUT2D eigenvalue weighted by atomic mass is 32.2. The Bertz CT molecular complexity index is 1390. The van der Waals surface area contributed by atoms with E-state index in [0.29, 0.717) is 29.2 Å². The van der Waals surface area contributed by atoms with Gasteiger partial charge in [0, 0.05) is 23.9 Å². The fourth-order valence-corrected chi connectivity index (χ4v) is 4.29. The van der Waals surface area contributed by atoms with Crippen LogP contribution in [0.5, 0.6) is 0 Å². The minimum atomic E-state index is -3.75. The van der Waals surface area contributed by atoms with Gasteiger partial charge < -0.3 is 5.32 Å². The summed E-state index contributed by atoms with van der Waals surface area (Å²) in [5.41, 5.74) is 5.25. The summed E-state index contributed by atoms with van der Waals surface area (Å²) in [6, 6.07) is 19.8. The van der Waals surface area contributed by atoms with Gasteiger partial charge in [-0.1, -0.05) is 56.3 Å². The lowest BCUT2D eigenvalue weighted by atomic mass is 9.91. The van der Waals surface area contributed by atoms with Crippen molar-refractivity contribution in [2.24, 2.45) is 5.14 Å². The number of hydrogen-bond acceptors (Lipinski definition) is 5. The summed E-state index contributed by atoms with van der Waals surface area (Å²) in [6.45, 7) is 4.62. The molecule has 4 rings (SSSR count). The Hall–Kier alpha value is -3.75. The summed E-state index contributed by atoms with van der Waals surface area (Å²) < 4.78 is 22.8. The first kappa shape index (κ1) is 23.4. The van der Waals surface area contributed by atoms with E-state index in [1.54, 1.807) is 24.4 Å². The van der Waals surface area contributed by atoms with Gasteiger partial charge in [-0.05, 0) is 52.4 Å². The Kier molecular flexibility index (Phi) is 6.37. The van der Waals surface area contributed by atoms with Gasteiger partial charge >= 0.3 is 0 Å². The van der Waals surface area contributed by atoms with Crippen LogP contribution in [0.25, 0.3) is 16.7 Å². The standard InChI is InChI=1S/C26H25N3O4S/c1-16(2)18-5-7-19(8-6-18)20-9-12-22-23(13-20)24(26(31)29-25(22)30)15-28-14-17-3-10-21(11-4-17)34(27,32)33/h3-13,15-16,28H,14H2,1-2H3,(H2,27,32,33)(H,29,30,31). The Balaban J connectivity index is 1.61. The van der Waals surface area contributed by atoms with E-state index in [1.807, 2.05) is 24.3 Å². The molecule has 0 unspecified atom stereocenters. The van der Waals surface area contributed by atoms with Crippen LogP contribution in [0.3, 0.4) is 0 Å². The Morgan fingerprint density at radius 3 is 2.15 bits per heavy atom. The molecule has 0 saturated carbocycles. The van der Waals surface area contributed by atoms with Crippen molar-refractivity contribution < 1.29 is 18.0 Å². The molecule has 0 aliphatic carbocycles. The Labute approximate surface area is 198 Å². The number of rotatable bonds is 6. The summed E-state index contributed by atoms with van der Waals surface area (Å²) in [4.78, 5) is 25.0. The highest BCUT2D eigenvalue weighted by Gasteiger charge is 2.27. The van der Waals surface area contributed by atoms with Crippen molar-refractivity contribution in [2.45, 2.75) is 31.2 Å². The molecule has 1 aliphatic heterocycles. The summed E-state index contributed by atoms with van der Waals surface area (Å²) in [7, 11) is -3.75. The molecule has 2 amide bonds. The third-order valence-corrected chi connectivity index (χ3v) is 6.67. The second-order valence-electron chi connectivity index (χ2n) is 8.45. The van der Waals surface area contributed by atoms with Crippen LogP contribution in [0.15, 0.2) is 77.8 Å². The molecule has 0 atom stereocenters. The summed E-state index contributed by atoms with van der Waals surface area (Å²) in [5, 5.41) is 10.6. The molecule has 0 saturated heterocycles. The number of imide groups is 1. The molecule has 3 aromatic carbocycles. The first-order valence-corrected chi connectivity index (χ1v) is 12.3. The van der Waals surface area contributed by atoms with Crippen molar-refractivity contribution >= 4 is 27.4 Å². The number of carbonyl (C=O) groups excluding carboxylic acids is 2. The van der Waals surface area contributed by atoms with Crippen molar-refractivity contribution in [3.05, 3.63) is 95.2 Å². The number of nitrogens with two attached hydrogens (primary N) is 1. The predicted octanol–water partition coefficient (Wildman–Crippen LogP) is 3.53. The number of sulfonamides is 1. The zero-order valence-corrected chi connectivity index (χ0v) is 19.6. The molecule has 8 heteroatoms. The molecule has 3 aromatic rings. The smallest absolute Gasteiger partial charge is 0.260 e. The first-order chi connectivity index (χ1) is 16.1. The lowest BCUT2D eigenvalue weighted by molar-refractivity contribution is -0.114. The SMILES string of the molecule is CC(C)c1ccc(-c2ccc3c(c2)C(=CNCc2ccc(S(N)(=O)=O)cc2)C(=O)NC3=O)cc1. The molecule has 174 valence electrons. The second kappa shape index (κ2) is 9.24. The molecule has 0 bridgehead atoms. The van der Waals surface area contributed by atoms with Crippen LogP contribution in [0, 0.1) is 0 Å². The van der Waals surface area contributed by atoms with Crippen molar-refractivity contribution in [2.75, 3.05) is 0 Å². The summed E-state index contributed by atoms with van der Waals surface area (Å²) in [5.74, 6) is -0.491. The van der Waals surface area contributed by atoms with Gasteiger partial charge in [-0.3, -0.25) is 14.9 Å². The summed E-state index contributed by atoms with van der Waals surface area (Å²) >= 11 is 0. The van der Waals surface area contributed by atoms with E-state index in [1.165, 1.54) is 17.7 Å². The van der Waals surface area contributed by atoms with E-state index in [0.717, 1.165) is 16.7 Å². The van der Waals surface area contributed by atoms with E-state index >= 15 is 0 Å². The lowest BCUT2D eigenvalue weighted by Gasteiger charge is -2.19. The van der Waals surface area contributed by atoms with E-state index < -0.39 is 21.8 Å². The molecule has 0 aromatic heterocycles. The zero-order valence-electron chi connectivity index (χ0n) is 18.8. The normalized spacial score (nSPS) is 14.8. The van der Waals surface area contributed by atoms with E-state index in [4.69, 9.17) is 5.14 Å². The van der Waals surface area contributed by atoms with Crippen LogP contribution in [0.1, 0.15) is 46.8 Å². The summed E-state index contributed by atoms with van der Waals surface area (Å²) in [6.07, 6.45) is 1.57. The number of fused-ring (bicyclic) bond motifs is 1. The molecule has 0 radical (unpaired) electrons. The van der Waals surface area contributed by atoms with Gasteiger partial charge in [0.25, 0.3) is 11.8 Å². The molecule has 0 spiro atoms. The van der Waals surface area contributed by atoms with Gasteiger partial charge in [0.1, 0.15) is 0 Å². The van der Waals surface area contributed by atoms with Gasteiger partial charge in [-0.15, -0.1) is 0 Å². The molecule has 0 fully saturated rings. The number of nitrogens with one attached hydrogen (secondary N) is 2. The molecular weight excluding hydrogens is 450 g/mol. The number of benzene rings is 3. The van der Waals surface area contributed by atoms with Gasteiger partial charge in [0.05, 0.1) is 10.5 Å². The minimum absolute atomic E-state index is 0.0302. The van der Waals surface area contributed by atoms with Gasteiger partial charge in [0.15, 0.2) is 0 Å². The number of carbonyl (C=O) groups is 2. The van der Waals surface area contributed by atoms with Gasteiger partial charge in [-0.25, -0.2) is 13.6 Å². The lowest BCUT2D eigenvalue weighted by Crippen LogP contribution is -2.37. The Morgan fingerprint density at radius 1 is 0.882 bits per heavy atom. The van der Waals surface area contributed by atoms with Gasteiger partial charge in [-0.2, -0.15) is 0 Å². The molecular formula is C26H25N3O4S. The van der Waals surface area contributed by atoms with Crippen LogP contribution in [0.2, 0.25) is 0 Å². The highest BCUT2D eigenvalue weighted by molar-refractivity contribution is 7.89. The average Bonchev–Trinajstić information content (AvgIpc) is 2.80. The third-order valence-electron chi connectivity index (χ3n) is 5.74.